The second-order valence-electron chi connectivity index (χ2n) is 5.22. The molecule has 0 radical (unpaired) electrons. The molecule has 0 spiro atoms. The standard InChI is InChI=1S/C17H15ClN4O2S/c1-11-5-3-4-6-14(11)22-17(19-20-21-22)25-10-15(23)12-7-8-16(24-2)13(18)9-12/h3-9H,10H2,1-2H3. The first-order valence-corrected chi connectivity index (χ1v) is 8.80. The fraction of sp³-hybridized carbons (Fsp3) is 0.176. The number of aryl methyl sites for hydroxylation is 1. The van der Waals surface area contributed by atoms with Gasteiger partial charge in [0.2, 0.25) is 5.16 Å². The van der Waals surface area contributed by atoms with Crippen LogP contribution in [0.5, 0.6) is 5.75 Å². The van der Waals surface area contributed by atoms with Gasteiger partial charge in [-0.3, -0.25) is 4.79 Å². The van der Waals surface area contributed by atoms with Crippen molar-refractivity contribution in [2.45, 2.75) is 12.1 Å². The highest BCUT2D eigenvalue weighted by atomic mass is 35.5. The maximum Gasteiger partial charge on any atom is 0.214 e. The summed E-state index contributed by atoms with van der Waals surface area (Å²) in [5, 5.41) is 12.7. The van der Waals surface area contributed by atoms with Gasteiger partial charge in [-0.1, -0.05) is 41.6 Å². The van der Waals surface area contributed by atoms with Gasteiger partial charge in [0.25, 0.3) is 0 Å². The summed E-state index contributed by atoms with van der Waals surface area (Å²) in [6, 6.07) is 12.8. The van der Waals surface area contributed by atoms with E-state index >= 15 is 0 Å². The Morgan fingerprint density at radius 1 is 1.28 bits per heavy atom. The normalized spacial score (nSPS) is 10.7. The summed E-state index contributed by atoms with van der Waals surface area (Å²) in [6.45, 7) is 1.98. The van der Waals surface area contributed by atoms with Gasteiger partial charge < -0.3 is 4.74 Å². The number of tetrazole rings is 1. The molecule has 0 atom stereocenters. The number of rotatable bonds is 6. The molecule has 1 aromatic heterocycles. The number of benzene rings is 2. The number of ketones is 1. The van der Waals surface area contributed by atoms with Crippen LogP contribution in [0.15, 0.2) is 47.6 Å². The van der Waals surface area contributed by atoms with Crippen molar-refractivity contribution < 1.29 is 9.53 Å². The predicted molar refractivity (Wildman–Crippen MR) is 96.9 cm³/mol. The number of thioether (sulfide) groups is 1. The van der Waals surface area contributed by atoms with E-state index in [-0.39, 0.29) is 11.5 Å². The molecule has 0 fully saturated rings. The van der Waals surface area contributed by atoms with E-state index < -0.39 is 0 Å². The van der Waals surface area contributed by atoms with Gasteiger partial charge in [-0.2, -0.15) is 4.68 Å². The van der Waals surface area contributed by atoms with Crippen molar-refractivity contribution >= 4 is 29.1 Å². The molecule has 0 bridgehead atoms. The zero-order valence-corrected chi connectivity index (χ0v) is 15.2. The lowest BCUT2D eigenvalue weighted by Gasteiger charge is -2.07. The quantitative estimate of drug-likeness (QED) is 0.485. The number of aromatic nitrogens is 4. The molecule has 0 N–H and O–H groups in total. The number of ether oxygens (including phenoxy) is 1. The molecule has 2 aromatic carbocycles. The first-order chi connectivity index (χ1) is 12.1. The highest BCUT2D eigenvalue weighted by molar-refractivity contribution is 7.99. The maximum absolute atomic E-state index is 12.4. The average Bonchev–Trinajstić information content (AvgIpc) is 3.08. The summed E-state index contributed by atoms with van der Waals surface area (Å²) in [7, 11) is 1.53. The molecule has 8 heteroatoms. The summed E-state index contributed by atoms with van der Waals surface area (Å²) < 4.78 is 6.73. The Morgan fingerprint density at radius 3 is 2.80 bits per heavy atom. The molecule has 3 rings (SSSR count). The summed E-state index contributed by atoms with van der Waals surface area (Å²) in [5.74, 6) is 0.679. The molecular formula is C17H15ClN4O2S. The van der Waals surface area contributed by atoms with Gasteiger partial charge in [0.1, 0.15) is 5.75 Å². The number of hydrogen-bond acceptors (Lipinski definition) is 6. The van der Waals surface area contributed by atoms with Crippen molar-refractivity contribution in [1.82, 2.24) is 20.2 Å². The van der Waals surface area contributed by atoms with Crippen LogP contribution in [0.1, 0.15) is 15.9 Å². The number of Topliss-reactive ketones (excluding diaryl/α,β-unsaturated/α-hetero) is 1. The molecular weight excluding hydrogens is 360 g/mol. The SMILES string of the molecule is COc1ccc(C(=O)CSc2nnnn2-c2ccccc2C)cc1Cl. The van der Waals surface area contributed by atoms with E-state index in [2.05, 4.69) is 15.5 Å². The molecule has 0 saturated heterocycles. The summed E-state index contributed by atoms with van der Waals surface area (Å²) in [5.41, 5.74) is 2.45. The van der Waals surface area contributed by atoms with Crippen LogP contribution in [-0.2, 0) is 0 Å². The maximum atomic E-state index is 12.4. The van der Waals surface area contributed by atoms with Gasteiger partial charge in [-0.15, -0.1) is 5.10 Å². The third kappa shape index (κ3) is 3.83. The fourth-order valence-electron chi connectivity index (χ4n) is 2.27. The van der Waals surface area contributed by atoms with E-state index in [4.69, 9.17) is 16.3 Å². The third-order valence-corrected chi connectivity index (χ3v) is 4.81. The molecule has 0 aliphatic rings. The number of hydrogen-bond donors (Lipinski definition) is 0. The van der Waals surface area contributed by atoms with Crippen LogP contribution in [0.2, 0.25) is 5.02 Å². The first-order valence-electron chi connectivity index (χ1n) is 7.44. The van der Waals surface area contributed by atoms with Crippen LogP contribution >= 0.6 is 23.4 Å². The number of carbonyl (C=O) groups excluding carboxylic acids is 1. The van der Waals surface area contributed by atoms with Gasteiger partial charge in [0, 0.05) is 5.56 Å². The summed E-state index contributed by atoms with van der Waals surface area (Å²) in [4.78, 5) is 12.4. The molecule has 3 aromatic rings. The van der Waals surface area contributed by atoms with Crippen molar-refractivity contribution in [3.05, 3.63) is 58.6 Å². The first kappa shape index (κ1) is 17.4. The Bertz CT molecular complexity index is 913. The fourth-order valence-corrected chi connectivity index (χ4v) is 3.31. The predicted octanol–water partition coefficient (Wildman–Crippen LogP) is 3.61. The van der Waals surface area contributed by atoms with E-state index in [0.717, 1.165) is 11.3 Å². The monoisotopic (exact) mass is 374 g/mol. The van der Waals surface area contributed by atoms with Crippen LogP contribution in [0, 0.1) is 6.92 Å². The van der Waals surface area contributed by atoms with Gasteiger partial charge in [0.05, 0.1) is 23.6 Å². The van der Waals surface area contributed by atoms with E-state index in [1.807, 2.05) is 31.2 Å². The van der Waals surface area contributed by atoms with Crippen molar-refractivity contribution in [2.75, 3.05) is 12.9 Å². The smallest absolute Gasteiger partial charge is 0.214 e. The Kier molecular flexibility index (Phi) is 5.35. The second kappa shape index (κ2) is 7.67. The molecule has 0 aliphatic carbocycles. The van der Waals surface area contributed by atoms with Gasteiger partial charge in [-0.25, -0.2) is 0 Å². The van der Waals surface area contributed by atoms with E-state index in [9.17, 15) is 4.79 Å². The highest BCUT2D eigenvalue weighted by Crippen LogP contribution is 2.26. The molecule has 0 amide bonds. The minimum Gasteiger partial charge on any atom is -0.495 e. The van der Waals surface area contributed by atoms with E-state index in [1.165, 1.54) is 18.9 Å². The highest BCUT2D eigenvalue weighted by Gasteiger charge is 2.15. The third-order valence-electron chi connectivity index (χ3n) is 3.59. The van der Waals surface area contributed by atoms with Gasteiger partial charge in [-0.05, 0) is 47.2 Å². The van der Waals surface area contributed by atoms with Crippen molar-refractivity contribution in [3.63, 3.8) is 0 Å². The van der Waals surface area contributed by atoms with Crippen molar-refractivity contribution in [2.24, 2.45) is 0 Å². The van der Waals surface area contributed by atoms with Gasteiger partial charge in [0.15, 0.2) is 5.78 Å². The zero-order chi connectivity index (χ0) is 17.8. The van der Waals surface area contributed by atoms with Crippen molar-refractivity contribution in [3.8, 4) is 11.4 Å². The number of carbonyl (C=O) groups is 1. The Morgan fingerprint density at radius 2 is 2.08 bits per heavy atom. The van der Waals surface area contributed by atoms with Crippen LogP contribution in [0.25, 0.3) is 5.69 Å². The lowest BCUT2D eigenvalue weighted by molar-refractivity contribution is 0.102. The minimum absolute atomic E-state index is 0.0612. The molecule has 1 heterocycles. The molecule has 0 aliphatic heterocycles. The average molecular weight is 375 g/mol. The topological polar surface area (TPSA) is 69.9 Å². The Hall–Kier alpha value is -2.38. The molecule has 0 saturated carbocycles. The van der Waals surface area contributed by atoms with Crippen LogP contribution in [0.4, 0.5) is 0 Å². The van der Waals surface area contributed by atoms with E-state index in [0.29, 0.717) is 21.5 Å². The Balaban J connectivity index is 1.75. The number of nitrogens with zero attached hydrogens (tertiary/aromatic N) is 4. The zero-order valence-electron chi connectivity index (χ0n) is 13.6. The van der Waals surface area contributed by atoms with Gasteiger partial charge >= 0.3 is 0 Å². The number of methoxy groups -OCH3 is 1. The lowest BCUT2D eigenvalue weighted by atomic mass is 10.1. The number of halogens is 1. The second-order valence-corrected chi connectivity index (χ2v) is 6.57. The molecule has 128 valence electrons. The molecule has 6 nitrogen and oxygen atoms in total. The number of para-hydroxylation sites is 1. The molecule has 25 heavy (non-hydrogen) atoms. The van der Waals surface area contributed by atoms with Crippen molar-refractivity contribution in [1.29, 1.82) is 0 Å². The van der Waals surface area contributed by atoms with Crippen LogP contribution < -0.4 is 4.74 Å². The summed E-state index contributed by atoms with van der Waals surface area (Å²) in [6.07, 6.45) is 0. The Labute approximate surface area is 154 Å². The largest absolute Gasteiger partial charge is 0.495 e. The van der Waals surface area contributed by atoms with Crippen LogP contribution in [-0.4, -0.2) is 38.9 Å². The minimum atomic E-state index is -0.0612. The lowest BCUT2D eigenvalue weighted by Crippen LogP contribution is -2.06. The van der Waals surface area contributed by atoms with Crippen LogP contribution in [0.3, 0.4) is 0 Å². The van der Waals surface area contributed by atoms with E-state index in [1.54, 1.807) is 22.9 Å². The molecule has 0 unspecified atom stereocenters. The summed E-state index contributed by atoms with van der Waals surface area (Å²) >= 11 is 7.35.